The van der Waals surface area contributed by atoms with Gasteiger partial charge in [0.05, 0.1) is 12.2 Å². The Balaban J connectivity index is 1.83. The molecular formula is C17H23N5O. The number of nitrogens with zero attached hydrogens (tertiary/aromatic N) is 3. The number of rotatable bonds is 2. The van der Waals surface area contributed by atoms with Crippen molar-refractivity contribution in [3.05, 3.63) is 46.8 Å². The van der Waals surface area contributed by atoms with Gasteiger partial charge in [0.2, 0.25) is 0 Å². The van der Waals surface area contributed by atoms with Gasteiger partial charge < -0.3 is 10.6 Å². The number of aromatic nitrogens is 3. The molecule has 2 heterocycles. The molecule has 1 aliphatic rings. The van der Waals surface area contributed by atoms with Gasteiger partial charge >= 0.3 is 0 Å². The molecule has 1 aliphatic heterocycles. The molecule has 1 aromatic heterocycles. The standard InChI is InChI=1S/C17H23N5O/c1-17(2,3)12-5-6-13-11(7-12)8-18-9-14(13)19-16(23)15-10-22(4)21-20-15/h5-7,10,14,18H,8-9H2,1-4H3,(H,19,23). The van der Waals surface area contributed by atoms with Crippen LogP contribution in [0.3, 0.4) is 0 Å². The second kappa shape index (κ2) is 5.77. The molecule has 1 amide bonds. The van der Waals surface area contributed by atoms with Crippen LogP contribution in [0, 0.1) is 0 Å². The summed E-state index contributed by atoms with van der Waals surface area (Å²) in [4.78, 5) is 12.3. The second-order valence-electron chi connectivity index (χ2n) is 7.10. The van der Waals surface area contributed by atoms with Gasteiger partial charge in [-0.1, -0.05) is 44.2 Å². The molecule has 3 rings (SSSR count). The maximum absolute atomic E-state index is 12.3. The lowest BCUT2D eigenvalue weighted by molar-refractivity contribution is 0.0929. The molecule has 2 N–H and O–H groups in total. The summed E-state index contributed by atoms with van der Waals surface area (Å²) in [5, 5.41) is 14.1. The second-order valence-corrected chi connectivity index (χ2v) is 7.10. The third-order valence-electron chi connectivity index (χ3n) is 4.19. The summed E-state index contributed by atoms with van der Waals surface area (Å²) in [6, 6.07) is 6.48. The van der Waals surface area contributed by atoms with Gasteiger partial charge in [0.25, 0.3) is 5.91 Å². The predicted molar refractivity (Wildman–Crippen MR) is 88.1 cm³/mol. The summed E-state index contributed by atoms with van der Waals surface area (Å²) < 4.78 is 1.53. The van der Waals surface area contributed by atoms with Crippen LogP contribution in [-0.2, 0) is 19.0 Å². The molecule has 0 radical (unpaired) electrons. The molecule has 1 unspecified atom stereocenters. The summed E-state index contributed by atoms with van der Waals surface area (Å²) in [5.41, 5.74) is 4.18. The molecule has 2 aromatic rings. The molecule has 0 fully saturated rings. The van der Waals surface area contributed by atoms with Gasteiger partial charge in [-0.25, -0.2) is 0 Å². The number of carbonyl (C=O) groups is 1. The number of hydrogen-bond donors (Lipinski definition) is 2. The van der Waals surface area contributed by atoms with Crippen molar-refractivity contribution < 1.29 is 4.79 Å². The quantitative estimate of drug-likeness (QED) is 0.885. The molecule has 6 nitrogen and oxygen atoms in total. The number of fused-ring (bicyclic) bond motifs is 1. The maximum atomic E-state index is 12.3. The van der Waals surface area contributed by atoms with Crippen molar-refractivity contribution in [2.24, 2.45) is 7.05 Å². The smallest absolute Gasteiger partial charge is 0.273 e. The van der Waals surface area contributed by atoms with Crippen molar-refractivity contribution in [3.63, 3.8) is 0 Å². The van der Waals surface area contributed by atoms with Crippen molar-refractivity contribution in [1.29, 1.82) is 0 Å². The Morgan fingerprint density at radius 2 is 2.17 bits per heavy atom. The fraction of sp³-hybridized carbons (Fsp3) is 0.471. The van der Waals surface area contributed by atoms with Gasteiger partial charge in [0, 0.05) is 20.1 Å². The zero-order chi connectivity index (χ0) is 16.6. The number of carbonyl (C=O) groups excluding carboxylic acids is 1. The molecule has 6 heteroatoms. The number of benzene rings is 1. The highest BCUT2D eigenvalue weighted by atomic mass is 16.2. The van der Waals surface area contributed by atoms with E-state index in [0.717, 1.165) is 6.54 Å². The van der Waals surface area contributed by atoms with E-state index >= 15 is 0 Å². The highest BCUT2D eigenvalue weighted by Gasteiger charge is 2.24. The number of aryl methyl sites for hydroxylation is 1. The van der Waals surface area contributed by atoms with E-state index in [1.165, 1.54) is 21.4 Å². The molecule has 0 bridgehead atoms. The van der Waals surface area contributed by atoms with Crippen molar-refractivity contribution in [1.82, 2.24) is 25.6 Å². The van der Waals surface area contributed by atoms with E-state index in [0.29, 0.717) is 12.2 Å². The molecule has 0 saturated heterocycles. The van der Waals surface area contributed by atoms with Crippen LogP contribution >= 0.6 is 0 Å². The van der Waals surface area contributed by atoms with E-state index in [-0.39, 0.29) is 17.4 Å². The fourth-order valence-electron chi connectivity index (χ4n) is 2.84. The first-order valence-corrected chi connectivity index (χ1v) is 7.86. The first kappa shape index (κ1) is 15.7. The summed E-state index contributed by atoms with van der Waals surface area (Å²) in [5.74, 6) is -0.197. The van der Waals surface area contributed by atoms with Gasteiger partial charge in [-0.15, -0.1) is 5.10 Å². The van der Waals surface area contributed by atoms with E-state index in [9.17, 15) is 4.79 Å². The van der Waals surface area contributed by atoms with Gasteiger partial charge in [-0.05, 0) is 22.1 Å². The van der Waals surface area contributed by atoms with Gasteiger partial charge in [0.15, 0.2) is 5.69 Å². The van der Waals surface area contributed by atoms with Crippen LogP contribution in [0.5, 0.6) is 0 Å². The minimum absolute atomic E-state index is 0.0534. The number of nitrogens with one attached hydrogen (secondary N) is 2. The Kier molecular flexibility index (Phi) is 3.93. The zero-order valence-corrected chi connectivity index (χ0v) is 14.1. The summed E-state index contributed by atoms with van der Waals surface area (Å²) in [6.45, 7) is 8.17. The van der Waals surface area contributed by atoms with Crippen LogP contribution in [0.2, 0.25) is 0 Å². The minimum atomic E-state index is -0.197. The Morgan fingerprint density at radius 1 is 1.39 bits per heavy atom. The Morgan fingerprint density at radius 3 is 2.83 bits per heavy atom. The molecule has 1 aromatic carbocycles. The van der Waals surface area contributed by atoms with Crippen molar-refractivity contribution in [2.75, 3.05) is 6.54 Å². The Labute approximate surface area is 136 Å². The summed E-state index contributed by atoms with van der Waals surface area (Å²) >= 11 is 0. The SMILES string of the molecule is Cn1cc(C(=O)NC2CNCc3cc(C(C)(C)C)ccc32)nn1. The maximum Gasteiger partial charge on any atom is 0.273 e. The Hall–Kier alpha value is -2.21. The van der Waals surface area contributed by atoms with E-state index in [2.05, 4.69) is 59.9 Å². The number of hydrogen-bond acceptors (Lipinski definition) is 4. The highest BCUT2D eigenvalue weighted by Crippen LogP contribution is 2.29. The van der Waals surface area contributed by atoms with E-state index in [1.807, 2.05) is 0 Å². The predicted octanol–water partition coefficient (Wildman–Crippen LogP) is 1.69. The minimum Gasteiger partial charge on any atom is -0.342 e. The monoisotopic (exact) mass is 313 g/mol. The molecule has 122 valence electrons. The van der Waals surface area contributed by atoms with Crippen LogP contribution in [-0.4, -0.2) is 27.4 Å². The Bertz CT molecular complexity index is 729. The first-order chi connectivity index (χ1) is 10.8. The van der Waals surface area contributed by atoms with Crippen molar-refractivity contribution >= 4 is 5.91 Å². The zero-order valence-electron chi connectivity index (χ0n) is 14.1. The average Bonchev–Trinajstić information content (AvgIpc) is 2.93. The van der Waals surface area contributed by atoms with Crippen LogP contribution in [0.15, 0.2) is 24.4 Å². The highest BCUT2D eigenvalue weighted by molar-refractivity contribution is 5.92. The number of amides is 1. The molecule has 0 saturated carbocycles. The topological polar surface area (TPSA) is 71.8 Å². The average molecular weight is 313 g/mol. The third kappa shape index (κ3) is 3.27. The van der Waals surface area contributed by atoms with Gasteiger partial charge in [-0.2, -0.15) is 0 Å². The molecule has 1 atom stereocenters. The van der Waals surface area contributed by atoms with Crippen LogP contribution in [0.4, 0.5) is 0 Å². The molecular weight excluding hydrogens is 290 g/mol. The normalized spacial score (nSPS) is 17.7. The van der Waals surface area contributed by atoms with Crippen molar-refractivity contribution in [3.8, 4) is 0 Å². The lowest BCUT2D eigenvalue weighted by atomic mass is 9.83. The molecule has 23 heavy (non-hydrogen) atoms. The van der Waals surface area contributed by atoms with Crippen LogP contribution in [0.25, 0.3) is 0 Å². The third-order valence-corrected chi connectivity index (χ3v) is 4.19. The van der Waals surface area contributed by atoms with Gasteiger partial charge in [0.1, 0.15) is 0 Å². The van der Waals surface area contributed by atoms with Crippen LogP contribution < -0.4 is 10.6 Å². The van der Waals surface area contributed by atoms with E-state index < -0.39 is 0 Å². The molecule has 0 aliphatic carbocycles. The van der Waals surface area contributed by atoms with E-state index in [1.54, 1.807) is 13.2 Å². The lowest BCUT2D eigenvalue weighted by Gasteiger charge is -2.29. The van der Waals surface area contributed by atoms with Gasteiger partial charge in [-0.3, -0.25) is 9.48 Å². The fourth-order valence-corrected chi connectivity index (χ4v) is 2.84. The lowest BCUT2D eigenvalue weighted by Crippen LogP contribution is -2.39. The van der Waals surface area contributed by atoms with Crippen molar-refractivity contribution in [2.45, 2.75) is 38.8 Å². The van der Waals surface area contributed by atoms with E-state index in [4.69, 9.17) is 0 Å². The first-order valence-electron chi connectivity index (χ1n) is 7.86. The van der Waals surface area contributed by atoms with Crippen LogP contribution in [0.1, 0.15) is 54.0 Å². The largest absolute Gasteiger partial charge is 0.342 e. The summed E-state index contributed by atoms with van der Waals surface area (Å²) in [7, 11) is 1.75. The molecule has 0 spiro atoms. The summed E-state index contributed by atoms with van der Waals surface area (Å²) in [6.07, 6.45) is 1.62.